The molecule has 0 saturated carbocycles. The van der Waals surface area contributed by atoms with Crippen molar-refractivity contribution in [3.8, 4) is 34.5 Å². The molecule has 0 radical (unpaired) electrons. The first-order valence-electron chi connectivity index (χ1n) is 14.3. The van der Waals surface area contributed by atoms with E-state index in [1.54, 1.807) is 62.8 Å². The lowest BCUT2D eigenvalue weighted by Crippen LogP contribution is -2.05. The average molecular weight is 609 g/mol. The van der Waals surface area contributed by atoms with Crippen LogP contribution in [0.5, 0.6) is 34.5 Å². The minimum absolute atomic E-state index is 0.136. The third kappa shape index (κ3) is 9.24. The Hall–Kier alpha value is -5.50. The molecule has 0 heterocycles. The quantitative estimate of drug-likeness (QED) is 0.0741. The molecule has 0 atom stereocenters. The van der Waals surface area contributed by atoms with Crippen LogP contribution in [0, 0.1) is 0 Å². The van der Waals surface area contributed by atoms with Gasteiger partial charge in [-0.2, -0.15) is 0 Å². The van der Waals surface area contributed by atoms with E-state index in [-0.39, 0.29) is 11.6 Å². The van der Waals surface area contributed by atoms with Crippen molar-refractivity contribution >= 4 is 23.7 Å². The van der Waals surface area contributed by atoms with Crippen LogP contribution in [0.1, 0.15) is 38.3 Å². The molecule has 0 unspecified atom stereocenters. The summed E-state index contributed by atoms with van der Waals surface area (Å²) < 4.78 is 32.6. The molecule has 0 saturated heterocycles. The topological polar surface area (TPSA) is 89.5 Å². The lowest BCUT2D eigenvalue weighted by Gasteiger charge is -2.09. The molecule has 0 bridgehead atoms. The van der Waals surface area contributed by atoms with Crippen molar-refractivity contribution in [1.82, 2.24) is 0 Å². The largest absolute Gasteiger partial charge is 0.493 e. The average Bonchev–Trinajstić information content (AvgIpc) is 3.09. The van der Waals surface area contributed by atoms with Gasteiger partial charge in [-0.25, -0.2) is 0 Å². The van der Waals surface area contributed by atoms with Gasteiger partial charge in [0, 0.05) is 17.5 Å². The first kappa shape index (κ1) is 32.4. The summed E-state index contributed by atoms with van der Waals surface area (Å²) in [6.45, 7) is 0.984. The monoisotopic (exact) mass is 608 g/mol. The van der Waals surface area contributed by atoms with Gasteiger partial charge in [-0.1, -0.05) is 36.4 Å². The maximum Gasteiger partial charge on any atom is 0.185 e. The van der Waals surface area contributed by atoms with Crippen LogP contribution in [0.4, 0.5) is 0 Å². The Labute approximate surface area is 263 Å². The minimum atomic E-state index is -0.136. The highest BCUT2D eigenvalue weighted by Gasteiger charge is 2.10. The third-order valence-corrected chi connectivity index (χ3v) is 6.78. The second kappa shape index (κ2) is 16.4. The van der Waals surface area contributed by atoms with Gasteiger partial charge < -0.3 is 28.4 Å². The van der Waals surface area contributed by atoms with E-state index in [0.29, 0.717) is 53.8 Å². The molecule has 4 aromatic rings. The molecule has 0 aliphatic carbocycles. The SMILES string of the molecule is COc1ccc(C(=O)C=Cc2ccc(OCCCOc3ccc(C=CC(=O)c4ccc(OC)c(OC)c4)cc3)cc2)cc1OC. The number of carbonyl (C=O) groups is 2. The van der Waals surface area contributed by atoms with E-state index < -0.39 is 0 Å². The summed E-state index contributed by atoms with van der Waals surface area (Å²) in [5.41, 5.74) is 2.78. The number of hydrogen-bond donors (Lipinski definition) is 0. The van der Waals surface area contributed by atoms with Crippen LogP contribution in [0.2, 0.25) is 0 Å². The van der Waals surface area contributed by atoms with Crippen LogP contribution in [0.3, 0.4) is 0 Å². The van der Waals surface area contributed by atoms with Gasteiger partial charge in [-0.3, -0.25) is 9.59 Å². The smallest absolute Gasteiger partial charge is 0.185 e. The highest BCUT2D eigenvalue weighted by molar-refractivity contribution is 6.07. The minimum Gasteiger partial charge on any atom is -0.493 e. The fourth-order valence-electron chi connectivity index (χ4n) is 4.30. The molecule has 0 N–H and O–H groups in total. The molecule has 0 aliphatic rings. The van der Waals surface area contributed by atoms with E-state index in [1.165, 1.54) is 26.4 Å². The fraction of sp³-hybridized carbons (Fsp3) is 0.189. The van der Waals surface area contributed by atoms with Crippen molar-refractivity contribution in [2.24, 2.45) is 0 Å². The lowest BCUT2D eigenvalue weighted by atomic mass is 10.1. The Bertz CT molecular complexity index is 1510. The first-order valence-corrected chi connectivity index (χ1v) is 14.3. The maximum atomic E-state index is 12.6. The first-order chi connectivity index (χ1) is 21.9. The zero-order valence-corrected chi connectivity index (χ0v) is 25.8. The van der Waals surface area contributed by atoms with E-state index in [4.69, 9.17) is 28.4 Å². The number of rotatable bonds is 16. The van der Waals surface area contributed by atoms with Gasteiger partial charge in [0.1, 0.15) is 11.5 Å². The molecule has 0 spiro atoms. The molecule has 0 amide bonds. The van der Waals surface area contributed by atoms with Crippen molar-refractivity contribution < 1.29 is 38.0 Å². The summed E-state index contributed by atoms with van der Waals surface area (Å²) in [5.74, 6) is 3.35. The number of methoxy groups -OCH3 is 4. The van der Waals surface area contributed by atoms with Crippen LogP contribution in [0.15, 0.2) is 97.1 Å². The predicted octanol–water partition coefficient (Wildman–Crippen LogP) is 7.36. The summed E-state index contributed by atoms with van der Waals surface area (Å²) in [6, 6.07) is 25.2. The summed E-state index contributed by atoms with van der Waals surface area (Å²) in [5, 5.41) is 0. The van der Waals surface area contributed by atoms with Crippen LogP contribution in [-0.4, -0.2) is 53.2 Å². The van der Waals surface area contributed by atoms with Gasteiger partial charge in [-0.05, 0) is 83.9 Å². The molecule has 45 heavy (non-hydrogen) atoms. The third-order valence-electron chi connectivity index (χ3n) is 6.78. The molecule has 8 heteroatoms. The highest BCUT2D eigenvalue weighted by Crippen LogP contribution is 2.29. The molecule has 0 fully saturated rings. The predicted molar refractivity (Wildman–Crippen MR) is 174 cm³/mol. The summed E-state index contributed by atoms with van der Waals surface area (Å²) in [4.78, 5) is 25.1. The van der Waals surface area contributed by atoms with Gasteiger partial charge >= 0.3 is 0 Å². The number of ether oxygens (including phenoxy) is 6. The van der Waals surface area contributed by atoms with E-state index >= 15 is 0 Å². The molecule has 0 aromatic heterocycles. The number of ketones is 2. The number of hydrogen-bond acceptors (Lipinski definition) is 8. The van der Waals surface area contributed by atoms with Gasteiger partial charge in [0.05, 0.1) is 41.7 Å². The highest BCUT2D eigenvalue weighted by atomic mass is 16.5. The normalized spacial score (nSPS) is 10.9. The van der Waals surface area contributed by atoms with Crippen LogP contribution in [-0.2, 0) is 0 Å². The van der Waals surface area contributed by atoms with Gasteiger partial charge in [-0.15, -0.1) is 0 Å². The maximum absolute atomic E-state index is 12.6. The molecular formula is C37H36O8. The van der Waals surface area contributed by atoms with Gasteiger partial charge in [0.15, 0.2) is 34.6 Å². The Morgan fingerprint density at radius 2 is 0.889 bits per heavy atom. The Morgan fingerprint density at radius 3 is 1.24 bits per heavy atom. The molecule has 8 nitrogen and oxygen atoms in total. The molecule has 4 rings (SSSR count). The van der Waals surface area contributed by atoms with E-state index in [2.05, 4.69) is 0 Å². The zero-order chi connectivity index (χ0) is 32.0. The zero-order valence-electron chi connectivity index (χ0n) is 25.8. The number of allylic oxidation sites excluding steroid dienone is 2. The second-order valence-corrected chi connectivity index (χ2v) is 9.72. The second-order valence-electron chi connectivity index (χ2n) is 9.72. The summed E-state index contributed by atoms with van der Waals surface area (Å²) in [7, 11) is 6.17. The van der Waals surface area contributed by atoms with Crippen LogP contribution < -0.4 is 28.4 Å². The number of carbonyl (C=O) groups excluding carboxylic acids is 2. The van der Waals surface area contributed by atoms with E-state index in [0.717, 1.165) is 22.6 Å². The number of benzene rings is 4. The van der Waals surface area contributed by atoms with Crippen molar-refractivity contribution in [1.29, 1.82) is 0 Å². The summed E-state index contributed by atoms with van der Waals surface area (Å²) >= 11 is 0. The van der Waals surface area contributed by atoms with Gasteiger partial charge in [0.2, 0.25) is 0 Å². The van der Waals surface area contributed by atoms with Crippen LogP contribution in [0.25, 0.3) is 12.2 Å². The fourth-order valence-corrected chi connectivity index (χ4v) is 4.30. The Balaban J connectivity index is 1.18. The molecule has 4 aromatic carbocycles. The van der Waals surface area contributed by atoms with Crippen LogP contribution >= 0.6 is 0 Å². The Kier molecular flexibility index (Phi) is 11.8. The van der Waals surface area contributed by atoms with E-state index in [1.807, 2.05) is 48.5 Å². The van der Waals surface area contributed by atoms with Gasteiger partial charge in [0.25, 0.3) is 0 Å². The molecular weight excluding hydrogens is 572 g/mol. The van der Waals surface area contributed by atoms with Crippen molar-refractivity contribution in [2.75, 3.05) is 41.7 Å². The summed E-state index contributed by atoms with van der Waals surface area (Å²) in [6.07, 6.45) is 7.26. The lowest BCUT2D eigenvalue weighted by molar-refractivity contribution is 0.103. The van der Waals surface area contributed by atoms with Crippen molar-refractivity contribution in [3.05, 3.63) is 119 Å². The van der Waals surface area contributed by atoms with Crippen molar-refractivity contribution in [2.45, 2.75) is 6.42 Å². The molecule has 232 valence electrons. The Morgan fingerprint density at radius 1 is 0.511 bits per heavy atom. The van der Waals surface area contributed by atoms with E-state index in [9.17, 15) is 9.59 Å². The van der Waals surface area contributed by atoms with Crippen molar-refractivity contribution in [3.63, 3.8) is 0 Å². The standard InChI is InChI=1S/C37H36O8/c1-40-34-20-12-28(24-36(34)42-3)32(38)18-10-26-6-14-30(15-7-26)44-22-5-23-45-31-16-8-27(9-17-31)11-19-33(39)29-13-21-35(41-2)37(25-29)43-4/h6-21,24-25H,5,22-23H2,1-4H3. The molecule has 0 aliphatic heterocycles.